The number of rotatable bonds is 2. The molecular weight excluding hydrogens is 236 g/mol. The van der Waals surface area contributed by atoms with Crippen LogP contribution in [-0.2, 0) is 4.79 Å². The zero-order valence-corrected chi connectivity index (χ0v) is 11.3. The molecule has 2 nitrogen and oxygen atoms in total. The van der Waals surface area contributed by atoms with Gasteiger partial charge in [-0.3, -0.25) is 4.79 Å². The monoisotopic (exact) mass is 259 g/mol. The highest BCUT2D eigenvalue weighted by Crippen LogP contribution is 2.40. The Bertz CT molecular complexity index is 309. The molecule has 0 aromatic heterocycles. The lowest BCUT2D eigenvalue weighted by Crippen LogP contribution is -2.42. The molecule has 1 saturated carbocycles. The summed E-state index contributed by atoms with van der Waals surface area (Å²) in [4.78, 5) is 14.0. The van der Waals surface area contributed by atoms with Crippen LogP contribution in [0.25, 0.3) is 0 Å². The lowest BCUT2D eigenvalue weighted by atomic mass is 9.86. The van der Waals surface area contributed by atoms with E-state index in [1.165, 1.54) is 0 Å². The molecule has 1 aliphatic carbocycles. The van der Waals surface area contributed by atoms with Gasteiger partial charge in [-0.2, -0.15) is 0 Å². The van der Waals surface area contributed by atoms with Crippen molar-refractivity contribution in [1.29, 1.82) is 0 Å². The van der Waals surface area contributed by atoms with E-state index >= 15 is 0 Å². The summed E-state index contributed by atoms with van der Waals surface area (Å²) in [5.74, 6) is -1.75. The minimum Gasteiger partial charge on any atom is -0.342 e. The van der Waals surface area contributed by atoms with Gasteiger partial charge in [-0.15, -0.1) is 0 Å². The van der Waals surface area contributed by atoms with Crippen molar-refractivity contribution in [2.45, 2.75) is 51.9 Å². The van der Waals surface area contributed by atoms with Crippen LogP contribution >= 0.6 is 0 Å². The smallest absolute Gasteiger partial charge is 0.248 e. The Hall–Kier alpha value is -0.670. The summed E-state index contributed by atoms with van der Waals surface area (Å²) in [5, 5.41) is 0. The van der Waals surface area contributed by atoms with E-state index in [2.05, 4.69) is 13.8 Å². The molecule has 104 valence electrons. The number of amides is 1. The Morgan fingerprint density at radius 3 is 2.28 bits per heavy atom. The molecule has 18 heavy (non-hydrogen) atoms. The molecule has 0 aromatic rings. The molecule has 1 aliphatic heterocycles. The van der Waals surface area contributed by atoms with E-state index in [-0.39, 0.29) is 18.7 Å². The summed E-state index contributed by atoms with van der Waals surface area (Å²) < 4.78 is 26.2. The van der Waals surface area contributed by atoms with Crippen LogP contribution in [-0.4, -0.2) is 29.8 Å². The molecule has 0 N–H and O–H groups in total. The summed E-state index contributed by atoms with van der Waals surface area (Å²) in [7, 11) is 0. The van der Waals surface area contributed by atoms with Gasteiger partial charge in [0.2, 0.25) is 11.8 Å². The molecular formula is C14H23F2NO. The average molecular weight is 259 g/mol. The fourth-order valence-electron chi connectivity index (χ4n) is 3.21. The van der Waals surface area contributed by atoms with Crippen LogP contribution in [0.1, 0.15) is 46.0 Å². The zero-order chi connectivity index (χ0) is 13.3. The highest BCUT2D eigenvalue weighted by Gasteiger charge is 2.44. The highest BCUT2D eigenvalue weighted by molar-refractivity contribution is 5.79. The summed E-state index contributed by atoms with van der Waals surface area (Å²) in [6.07, 6.45) is 2.04. The van der Waals surface area contributed by atoms with Crippen molar-refractivity contribution in [3.63, 3.8) is 0 Å². The summed E-state index contributed by atoms with van der Waals surface area (Å²) in [6, 6.07) is 0. The van der Waals surface area contributed by atoms with Crippen molar-refractivity contribution in [2.75, 3.05) is 13.1 Å². The minimum atomic E-state index is -2.61. The van der Waals surface area contributed by atoms with Gasteiger partial charge < -0.3 is 4.90 Å². The van der Waals surface area contributed by atoms with Gasteiger partial charge >= 0.3 is 0 Å². The number of piperidine rings is 1. The van der Waals surface area contributed by atoms with Crippen LogP contribution in [0.4, 0.5) is 8.78 Å². The van der Waals surface area contributed by atoms with Gasteiger partial charge in [-0.1, -0.05) is 13.8 Å². The van der Waals surface area contributed by atoms with Crippen molar-refractivity contribution in [3.8, 4) is 0 Å². The van der Waals surface area contributed by atoms with Crippen molar-refractivity contribution in [2.24, 2.45) is 17.8 Å². The number of alkyl halides is 2. The summed E-state index contributed by atoms with van der Waals surface area (Å²) >= 11 is 0. The van der Waals surface area contributed by atoms with Crippen LogP contribution in [0.2, 0.25) is 0 Å². The standard InChI is InChI=1S/C14H23F2NO/c1-10(2)11-4-7-17(8-5-11)13(18)12-3-6-14(15,16)9-12/h10-12H,3-9H2,1-2H3/t12-/m0/s1. The maximum absolute atomic E-state index is 13.1. The lowest BCUT2D eigenvalue weighted by molar-refractivity contribution is -0.138. The van der Waals surface area contributed by atoms with Crippen molar-refractivity contribution in [3.05, 3.63) is 0 Å². The number of halogens is 2. The minimum absolute atomic E-state index is 0.0330. The van der Waals surface area contributed by atoms with Crippen LogP contribution < -0.4 is 0 Å². The Balaban J connectivity index is 1.85. The van der Waals surface area contributed by atoms with E-state index in [0.29, 0.717) is 18.3 Å². The van der Waals surface area contributed by atoms with Gasteiger partial charge in [0.25, 0.3) is 0 Å². The molecule has 2 fully saturated rings. The molecule has 0 radical (unpaired) electrons. The third-order valence-electron chi connectivity index (χ3n) is 4.55. The van der Waals surface area contributed by atoms with Crippen LogP contribution in [0.15, 0.2) is 0 Å². The van der Waals surface area contributed by atoms with Gasteiger partial charge in [0.1, 0.15) is 0 Å². The molecule has 0 aromatic carbocycles. The molecule has 1 saturated heterocycles. The molecule has 2 aliphatic rings. The van der Waals surface area contributed by atoms with Crippen molar-refractivity contribution >= 4 is 5.91 Å². The Morgan fingerprint density at radius 1 is 1.22 bits per heavy atom. The lowest BCUT2D eigenvalue weighted by Gasteiger charge is -2.35. The van der Waals surface area contributed by atoms with E-state index in [1.54, 1.807) is 0 Å². The molecule has 1 atom stereocenters. The van der Waals surface area contributed by atoms with Crippen molar-refractivity contribution in [1.82, 2.24) is 4.90 Å². The van der Waals surface area contributed by atoms with E-state index in [0.717, 1.165) is 25.9 Å². The Labute approximate surface area is 108 Å². The molecule has 1 heterocycles. The normalized spacial score (nSPS) is 28.9. The number of likely N-dealkylation sites (tertiary alicyclic amines) is 1. The van der Waals surface area contributed by atoms with Gasteiger partial charge in [0.05, 0.1) is 0 Å². The number of carbonyl (C=O) groups excluding carboxylic acids is 1. The van der Waals surface area contributed by atoms with E-state index in [4.69, 9.17) is 0 Å². The Kier molecular flexibility index (Phi) is 3.93. The van der Waals surface area contributed by atoms with Crippen molar-refractivity contribution < 1.29 is 13.6 Å². The number of hydrogen-bond acceptors (Lipinski definition) is 1. The van der Waals surface area contributed by atoms with E-state index in [1.807, 2.05) is 4.90 Å². The topological polar surface area (TPSA) is 20.3 Å². The maximum Gasteiger partial charge on any atom is 0.248 e. The quantitative estimate of drug-likeness (QED) is 0.745. The zero-order valence-electron chi connectivity index (χ0n) is 11.3. The first-order chi connectivity index (χ1) is 8.39. The third-order valence-corrected chi connectivity index (χ3v) is 4.55. The fourth-order valence-corrected chi connectivity index (χ4v) is 3.21. The molecule has 2 rings (SSSR count). The first-order valence-electron chi connectivity index (χ1n) is 7.05. The molecule has 0 spiro atoms. The molecule has 0 unspecified atom stereocenters. The highest BCUT2D eigenvalue weighted by atomic mass is 19.3. The molecule has 0 bridgehead atoms. The molecule has 4 heteroatoms. The van der Waals surface area contributed by atoms with Gasteiger partial charge in [-0.25, -0.2) is 8.78 Å². The summed E-state index contributed by atoms with van der Waals surface area (Å²) in [5.41, 5.74) is 0. The van der Waals surface area contributed by atoms with Gasteiger partial charge in [-0.05, 0) is 31.1 Å². The first kappa shape index (κ1) is 13.8. The van der Waals surface area contributed by atoms with Crippen LogP contribution in [0.5, 0.6) is 0 Å². The van der Waals surface area contributed by atoms with Gasteiger partial charge in [0.15, 0.2) is 0 Å². The Morgan fingerprint density at radius 2 is 1.83 bits per heavy atom. The third kappa shape index (κ3) is 3.01. The SMILES string of the molecule is CC(C)C1CCN(C(=O)[C@H]2CCC(F)(F)C2)CC1. The van der Waals surface area contributed by atoms with Crippen LogP contribution in [0.3, 0.4) is 0 Å². The summed E-state index contributed by atoms with van der Waals surface area (Å²) in [6.45, 7) is 5.92. The predicted octanol–water partition coefficient (Wildman–Crippen LogP) is 3.32. The average Bonchev–Trinajstić information content (AvgIpc) is 2.69. The fraction of sp³-hybridized carbons (Fsp3) is 0.929. The number of nitrogens with zero attached hydrogens (tertiary/aromatic N) is 1. The second-order valence-electron chi connectivity index (χ2n) is 6.20. The largest absolute Gasteiger partial charge is 0.342 e. The number of carbonyl (C=O) groups is 1. The second-order valence-corrected chi connectivity index (χ2v) is 6.20. The maximum atomic E-state index is 13.1. The first-order valence-corrected chi connectivity index (χ1v) is 7.05. The second kappa shape index (κ2) is 5.14. The number of hydrogen-bond donors (Lipinski definition) is 0. The predicted molar refractivity (Wildman–Crippen MR) is 66.4 cm³/mol. The molecule has 1 amide bonds. The van der Waals surface area contributed by atoms with Gasteiger partial charge in [0, 0.05) is 31.8 Å². The van der Waals surface area contributed by atoms with E-state index < -0.39 is 11.8 Å². The van der Waals surface area contributed by atoms with E-state index in [9.17, 15) is 13.6 Å². The van der Waals surface area contributed by atoms with Crippen LogP contribution in [0, 0.1) is 17.8 Å².